The van der Waals surface area contributed by atoms with E-state index in [4.69, 9.17) is 18.9 Å². The van der Waals surface area contributed by atoms with Crippen molar-refractivity contribution in [3.8, 4) is 17.2 Å². The maximum atomic E-state index is 12.7. The molecule has 3 aromatic carbocycles. The van der Waals surface area contributed by atoms with Crippen LogP contribution in [0.4, 0.5) is 0 Å². The van der Waals surface area contributed by atoms with Crippen molar-refractivity contribution in [3.05, 3.63) is 66.2 Å². The summed E-state index contributed by atoms with van der Waals surface area (Å²) in [5.41, 5.74) is 0.458. The Kier molecular flexibility index (Phi) is 14.2. The first kappa shape index (κ1) is 32.1. The van der Waals surface area contributed by atoms with E-state index in [1.165, 1.54) is 44.9 Å². The van der Waals surface area contributed by atoms with E-state index in [1.54, 1.807) is 43.3 Å². The van der Waals surface area contributed by atoms with Crippen molar-refractivity contribution in [1.82, 2.24) is 0 Å². The smallest absolute Gasteiger partial charge is 0.343 e. The summed E-state index contributed by atoms with van der Waals surface area (Å²) in [5.74, 6) is 0.568. The molecule has 6 heteroatoms. The third kappa shape index (κ3) is 11.6. The summed E-state index contributed by atoms with van der Waals surface area (Å²) >= 11 is 0. The molecule has 0 N–H and O–H groups in total. The Bertz CT molecular complexity index is 1200. The zero-order chi connectivity index (χ0) is 29.3. The van der Waals surface area contributed by atoms with Crippen molar-refractivity contribution < 1.29 is 28.5 Å². The minimum atomic E-state index is -0.431. The molecule has 0 bridgehead atoms. The Hall–Kier alpha value is -3.38. The Labute approximate surface area is 245 Å². The van der Waals surface area contributed by atoms with E-state index < -0.39 is 5.97 Å². The van der Waals surface area contributed by atoms with Crippen LogP contribution in [-0.2, 0) is 9.53 Å². The Morgan fingerprint density at radius 1 is 0.634 bits per heavy atom. The van der Waals surface area contributed by atoms with Crippen molar-refractivity contribution in [3.63, 3.8) is 0 Å². The average molecular weight is 563 g/mol. The molecule has 0 aromatic heterocycles. The van der Waals surface area contributed by atoms with Gasteiger partial charge in [0.25, 0.3) is 0 Å². The quantitative estimate of drug-likeness (QED) is 0.0825. The van der Waals surface area contributed by atoms with Gasteiger partial charge in [0, 0.05) is 6.61 Å². The van der Waals surface area contributed by atoms with Crippen molar-refractivity contribution in [2.75, 3.05) is 19.8 Å². The highest BCUT2D eigenvalue weighted by Gasteiger charge is 2.16. The lowest BCUT2D eigenvalue weighted by molar-refractivity contribution is -0.140. The SMILES string of the molecule is CCCCCCCCCCOc1ccc(C(=O)Oc2ccc3cc(OC(=O)[C@H](C)COCCCC)ccc3c2)cc1. The number of unbranched alkanes of at least 4 members (excludes halogenated alkanes) is 8. The number of ether oxygens (including phenoxy) is 4. The summed E-state index contributed by atoms with van der Waals surface area (Å²) in [4.78, 5) is 25.1. The molecule has 222 valence electrons. The van der Waals surface area contributed by atoms with E-state index in [-0.39, 0.29) is 11.9 Å². The van der Waals surface area contributed by atoms with Gasteiger partial charge >= 0.3 is 11.9 Å². The number of carbonyl (C=O) groups excluding carboxylic acids is 2. The number of rotatable bonds is 19. The van der Waals surface area contributed by atoms with Gasteiger partial charge in [0.15, 0.2) is 0 Å². The lowest BCUT2D eigenvalue weighted by Crippen LogP contribution is -2.22. The number of fused-ring (bicyclic) bond motifs is 1. The third-order valence-corrected chi connectivity index (χ3v) is 6.98. The number of benzene rings is 3. The predicted molar refractivity (Wildman–Crippen MR) is 164 cm³/mol. The number of carbonyl (C=O) groups is 2. The maximum Gasteiger partial charge on any atom is 0.343 e. The van der Waals surface area contributed by atoms with E-state index in [1.807, 2.05) is 24.3 Å². The van der Waals surface area contributed by atoms with Crippen molar-refractivity contribution in [1.29, 1.82) is 0 Å². The molecule has 0 radical (unpaired) electrons. The van der Waals surface area contributed by atoms with Crippen LogP contribution in [0.5, 0.6) is 17.2 Å². The molecule has 0 saturated heterocycles. The molecule has 0 aliphatic rings. The van der Waals surface area contributed by atoms with Gasteiger partial charge in [-0.3, -0.25) is 4.79 Å². The van der Waals surface area contributed by atoms with Gasteiger partial charge in [0.05, 0.1) is 24.7 Å². The van der Waals surface area contributed by atoms with Gasteiger partial charge in [-0.15, -0.1) is 0 Å². The molecule has 0 aliphatic heterocycles. The first-order chi connectivity index (χ1) is 20.0. The summed E-state index contributed by atoms with van der Waals surface area (Å²) in [6.45, 7) is 7.81. The number of hydrogen-bond acceptors (Lipinski definition) is 6. The van der Waals surface area contributed by atoms with E-state index in [9.17, 15) is 9.59 Å². The first-order valence-corrected chi connectivity index (χ1v) is 15.3. The maximum absolute atomic E-state index is 12.7. The Balaban J connectivity index is 1.44. The lowest BCUT2D eigenvalue weighted by atomic mass is 10.1. The molecule has 3 rings (SSSR count). The average Bonchev–Trinajstić information content (AvgIpc) is 2.98. The third-order valence-electron chi connectivity index (χ3n) is 6.98. The van der Waals surface area contributed by atoms with Crippen molar-refractivity contribution in [2.45, 2.75) is 85.0 Å². The molecule has 0 aliphatic carbocycles. The van der Waals surface area contributed by atoms with Crippen molar-refractivity contribution >= 4 is 22.7 Å². The van der Waals surface area contributed by atoms with Crippen LogP contribution in [0.3, 0.4) is 0 Å². The molecule has 0 unspecified atom stereocenters. The van der Waals surface area contributed by atoms with Gasteiger partial charge in [-0.1, -0.05) is 77.3 Å². The van der Waals surface area contributed by atoms with Gasteiger partial charge in [-0.05, 0) is 79.1 Å². The summed E-state index contributed by atoms with van der Waals surface area (Å²) < 4.78 is 22.5. The van der Waals surface area contributed by atoms with E-state index in [2.05, 4.69) is 13.8 Å². The monoisotopic (exact) mass is 562 g/mol. The normalized spacial score (nSPS) is 11.8. The Morgan fingerprint density at radius 2 is 1.20 bits per heavy atom. The number of esters is 2. The van der Waals surface area contributed by atoms with E-state index in [0.717, 1.165) is 35.8 Å². The minimum absolute atomic E-state index is 0.323. The summed E-state index contributed by atoms with van der Waals surface area (Å²) in [6, 6.07) is 17.8. The van der Waals surface area contributed by atoms with Crippen LogP contribution in [0, 0.1) is 5.92 Å². The Morgan fingerprint density at radius 3 is 1.83 bits per heavy atom. The zero-order valence-electron chi connectivity index (χ0n) is 25.0. The predicted octanol–water partition coefficient (Wildman–Crippen LogP) is 8.94. The van der Waals surface area contributed by atoms with Crippen LogP contribution < -0.4 is 14.2 Å². The molecule has 0 saturated carbocycles. The van der Waals surface area contributed by atoms with Gasteiger partial charge in [0.2, 0.25) is 0 Å². The molecule has 0 heterocycles. The van der Waals surface area contributed by atoms with Crippen LogP contribution in [0.1, 0.15) is 95.3 Å². The molecular weight excluding hydrogens is 516 g/mol. The second-order valence-electron chi connectivity index (χ2n) is 10.7. The molecule has 0 spiro atoms. The fourth-order valence-electron chi connectivity index (χ4n) is 4.40. The molecule has 0 amide bonds. The summed E-state index contributed by atoms with van der Waals surface area (Å²) in [7, 11) is 0. The molecule has 0 fully saturated rings. The van der Waals surface area contributed by atoms with Gasteiger partial charge in [-0.2, -0.15) is 0 Å². The summed E-state index contributed by atoms with van der Waals surface area (Å²) in [6.07, 6.45) is 12.1. The standard InChI is InChI=1S/C35H46O6/c1-4-6-8-9-10-11-12-13-23-39-31-18-14-28(15-19-31)35(37)41-33-21-17-29-24-32(20-16-30(29)25-33)40-34(36)27(3)26-38-22-7-5-2/h14-21,24-25,27H,4-13,22-23,26H2,1-3H3/t27-/m1/s1. The topological polar surface area (TPSA) is 71.1 Å². The largest absolute Gasteiger partial charge is 0.494 e. The van der Waals surface area contributed by atoms with E-state index in [0.29, 0.717) is 36.9 Å². The fourth-order valence-corrected chi connectivity index (χ4v) is 4.40. The van der Waals surface area contributed by atoms with Crippen LogP contribution in [0.15, 0.2) is 60.7 Å². The highest BCUT2D eigenvalue weighted by atomic mass is 16.5. The highest BCUT2D eigenvalue weighted by Crippen LogP contribution is 2.26. The van der Waals surface area contributed by atoms with Crippen LogP contribution in [0.2, 0.25) is 0 Å². The van der Waals surface area contributed by atoms with Crippen LogP contribution in [0.25, 0.3) is 10.8 Å². The number of hydrogen-bond donors (Lipinski definition) is 0. The van der Waals surface area contributed by atoms with Crippen LogP contribution >= 0.6 is 0 Å². The van der Waals surface area contributed by atoms with Crippen molar-refractivity contribution in [2.24, 2.45) is 5.92 Å². The van der Waals surface area contributed by atoms with E-state index >= 15 is 0 Å². The molecule has 6 nitrogen and oxygen atoms in total. The van der Waals surface area contributed by atoms with Gasteiger partial charge in [-0.25, -0.2) is 4.79 Å². The second-order valence-corrected chi connectivity index (χ2v) is 10.7. The fraction of sp³-hybridized carbons (Fsp3) is 0.486. The minimum Gasteiger partial charge on any atom is -0.494 e. The first-order valence-electron chi connectivity index (χ1n) is 15.3. The molecule has 41 heavy (non-hydrogen) atoms. The van der Waals surface area contributed by atoms with Gasteiger partial charge in [0.1, 0.15) is 17.2 Å². The lowest BCUT2D eigenvalue weighted by Gasteiger charge is -2.12. The highest BCUT2D eigenvalue weighted by molar-refractivity contribution is 5.92. The summed E-state index contributed by atoms with van der Waals surface area (Å²) in [5, 5.41) is 1.75. The molecule has 1 atom stereocenters. The molecular formula is C35H46O6. The molecule has 3 aromatic rings. The zero-order valence-corrected chi connectivity index (χ0v) is 25.0. The van der Waals surface area contributed by atoms with Gasteiger partial charge < -0.3 is 18.9 Å². The van der Waals surface area contributed by atoms with Crippen LogP contribution in [-0.4, -0.2) is 31.8 Å². The second kappa shape index (κ2) is 18.1.